The fourth-order valence-corrected chi connectivity index (χ4v) is 2.07. The zero-order chi connectivity index (χ0) is 14.5. The summed E-state index contributed by atoms with van der Waals surface area (Å²) in [5.74, 6) is 0.00121. The summed E-state index contributed by atoms with van der Waals surface area (Å²) >= 11 is 0. The summed E-state index contributed by atoms with van der Waals surface area (Å²) in [5, 5.41) is 20.9. The maximum Gasteiger partial charge on any atom is 0.227 e. The Bertz CT molecular complexity index is 518. The first-order valence-corrected chi connectivity index (χ1v) is 6.25. The fraction of sp³-hybridized carbons (Fsp3) is 0.385. The van der Waals surface area contributed by atoms with Crippen molar-refractivity contribution in [1.29, 1.82) is 0 Å². The Labute approximate surface area is 116 Å². The highest BCUT2D eigenvalue weighted by Crippen LogP contribution is 2.13. The molecule has 1 atom stereocenters. The first kappa shape index (κ1) is 14.1. The lowest BCUT2D eigenvalue weighted by Gasteiger charge is -2.32. The number of hydrogen-bond acceptors (Lipinski definition) is 5. The molecule has 1 amide bonds. The van der Waals surface area contributed by atoms with Gasteiger partial charge in [0.1, 0.15) is 11.9 Å². The van der Waals surface area contributed by atoms with Crippen LogP contribution < -0.4 is 5.73 Å². The summed E-state index contributed by atoms with van der Waals surface area (Å²) in [6.07, 6.45) is -0.390. The van der Waals surface area contributed by atoms with E-state index in [1.807, 2.05) is 0 Å². The standard InChI is InChI=1S/C13H17N3O4/c14-13(15-19)11-8-16(4-5-20-11)12(18)7-9-2-1-3-10(17)6-9/h1-3,6,11,17,19H,4-5,7-8H2,(H2,14,15). The third-order valence-electron chi connectivity index (χ3n) is 3.13. The Kier molecular flexibility index (Phi) is 4.41. The molecule has 0 spiro atoms. The number of hydrogen-bond donors (Lipinski definition) is 3. The van der Waals surface area contributed by atoms with Crippen LogP contribution in [0.3, 0.4) is 0 Å². The van der Waals surface area contributed by atoms with Crippen LogP contribution in [0.25, 0.3) is 0 Å². The minimum atomic E-state index is -0.582. The van der Waals surface area contributed by atoms with Crippen molar-refractivity contribution in [2.45, 2.75) is 12.5 Å². The van der Waals surface area contributed by atoms with Crippen molar-refractivity contribution in [3.8, 4) is 5.75 Å². The number of benzene rings is 1. The average Bonchev–Trinajstić information content (AvgIpc) is 2.46. The lowest BCUT2D eigenvalue weighted by atomic mass is 10.1. The van der Waals surface area contributed by atoms with Crippen LogP contribution >= 0.6 is 0 Å². The monoisotopic (exact) mass is 279 g/mol. The molecular formula is C13H17N3O4. The van der Waals surface area contributed by atoms with Gasteiger partial charge in [0.2, 0.25) is 5.91 Å². The summed E-state index contributed by atoms with van der Waals surface area (Å²) in [6.45, 7) is 1.06. The Hall–Kier alpha value is -2.28. The molecule has 1 heterocycles. The molecule has 7 heteroatoms. The van der Waals surface area contributed by atoms with E-state index in [2.05, 4.69) is 5.16 Å². The highest BCUT2D eigenvalue weighted by atomic mass is 16.5. The molecule has 7 nitrogen and oxygen atoms in total. The van der Waals surface area contributed by atoms with Gasteiger partial charge in [-0.1, -0.05) is 17.3 Å². The van der Waals surface area contributed by atoms with E-state index in [0.717, 1.165) is 5.56 Å². The number of aromatic hydroxyl groups is 1. The van der Waals surface area contributed by atoms with Gasteiger partial charge in [-0.3, -0.25) is 4.79 Å². The molecule has 1 aromatic rings. The number of phenols is 1. The van der Waals surface area contributed by atoms with Crippen molar-refractivity contribution in [3.63, 3.8) is 0 Å². The molecular weight excluding hydrogens is 262 g/mol. The van der Waals surface area contributed by atoms with E-state index in [9.17, 15) is 9.90 Å². The molecule has 0 saturated carbocycles. The van der Waals surface area contributed by atoms with Gasteiger partial charge in [0.05, 0.1) is 19.6 Å². The average molecular weight is 279 g/mol. The van der Waals surface area contributed by atoms with Gasteiger partial charge in [0.25, 0.3) is 0 Å². The zero-order valence-electron chi connectivity index (χ0n) is 10.9. The maximum absolute atomic E-state index is 12.2. The molecule has 0 aliphatic carbocycles. The smallest absolute Gasteiger partial charge is 0.227 e. The minimum Gasteiger partial charge on any atom is -0.508 e. The largest absolute Gasteiger partial charge is 0.508 e. The fourth-order valence-electron chi connectivity index (χ4n) is 2.07. The van der Waals surface area contributed by atoms with Gasteiger partial charge in [0, 0.05) is 6.54 Å². The number of nitrogens with two attached hydrogens (primary N) is 1. The SMILES string of the molecule is NC(=NO)C1CN(C(=O)Cc2cccc(O)c2)CCO1. The van der Waals surface area contributed by atoms with Crippen molar-refractivity contribution in [2.24, 2.45) is 10.9 Å². The van der Waals surface area contributed by atoms with E-state index in [-0.39, 0.29) is 30.5 Å². The number of phenolic OH excluding ortho intramolecular Hbond substituents is 1. The van der Waals surface area contributed by atoms with Crippen LogP contribution in [-0.2, 0) is 16.0 Å². The van der Waals surface area contributed by atoms with Crippen molar-refractivity contribution in [1.82, 2.24) is 4.90 Å². The van der Waals surface area contributed by atoms with Gasteiger partial charge in [0.15, 0.2) is 5.84 Å². The second-order valence-electron chi connectivity index (χ2n) is 4.57. The molecule has 1 aromatic carbocycles. The quantitative estimate of drug-likeness (QED) is 0.310. The molecule has 108 valence electrons. The highest BCUT2D eigenvalue weighted by Gasteiger charge is 2.26. The van der Waals surface area contributed by atoms with E-state index in [1.165, 1.54) is 0 Å². The molecule has 1 aliphatic rings. The zero-order valence-corrected chi connectivity index (χ0v) is 10.9. The van der Waals surface area contributed by atoms with Gasteiger partial charge >= 0.3 is 0 Å². The molecule has 1 fully saturated rings. The number of morpholine rings is 1. The van der Waals surface area contributed by atoms with Crippen LogP contribution in [0.1, 0.15) is 5.56 Å². The number of carbonyl (C=O) groups excluding carboxylic acids is 1. The first-order chi connectivity index (χ1) is 9.60. The Morgan fingerprint density at radius 1 is 1.55 bits per heavy atom. The highest BCUT2D eigenvalue weighted by molar-refractivity contribution is 5.86. The number of rotatable bonds is 3. The molecule has 1 aliphatic heterocycles. The van der Waals surface area contributed by atoms with Gasteiger partial charge in [-0.15, -0.1) is 0 Å². The Morgan fingerprint density at radius 2 is 2.35 bits per heavy atom. The topological polar surface area (TPSA) is 108 Å². The lowest BCUT2D eigenvalue weighted by molar-refractivity contribution is -0.135. The molecule has 0 bridgehead atoms. The van der Waals surface area contributed by atoms with Gasteiger partial charge in [-0.25, -0.2) is 0 Å². The van der Waals surface area contributed by atoms with E-state index in [1.54, 1.807) is 29.2 Å². The third kappa shape index (κ3) is 3.39. The second kappa shape index (κ2) is 6.25. The van der Waals surface area contributed by atoms with Crippen LogP contribution in [0.5, 0.6) is 5.75 Å². The van der Waals surface area contributed by atoms with Crippen LogP contribution in [0.15, 0.2) is 29.4 Å². The van der Waals surface area contributed by atoms with Gasteiger partial charge in [-0.2, -0.15) is 0 Å². The van der Waals surface area contributed by atoms with Crippen molar-refractivity contribution in [3.05, 3.63) is 29.8 Å². The van der Waals surface area contributed by atoms with Crippen molar-refractivity contribution in [2.75, 3.05) is 19.7 Å². The second-order valence-corrected chi connectivity index (χ2v) is 4.57. The molecule has 0 radical (unpaired) electrons. The maximum atomic E-state index is 12.2. The van der Waals surface area contributed by atoms with E-state index in [4.69, 9.17) is 15.7 Å². The molecule has 1 unspecified atom stereocenters. The number of amides is 1. The number of ether oxygens (including phenoxy) is 1. The van der Waals surface area contributed by atoms with Crippen LogP contribution in [-0.4, -0.2) is 52.8 Å². The van der Waals surface area contributed by atoms with E-state index >= 15 is 0 Å². The lowest BCUT2D eigenvalue weighted by Crippen LogP contribution is -2.50. The molecule has 2 rings (SSSR count). The summed E-state index contributed by atoms with van der Waals surface area (Å²) in [5.41, 5.74) is 6.22. The molecule has 4 N–H and O–H groups in total. The number of carbonyl (C=O) groups is 1. The first-order valence-electron chi connectivity index (χ1n) is 6.25. The Balaban J connectivity index is 1.98. The van der Waals surface area contributed by atoms with E-state index < -0.39 is 6.10 Å². The molecule has 0 aromatic heterocycles. The number of amidine groups is 1. The van der Waals surface area contributed by atoms with Crippen LogP contribution in [0, 0.1) is 0 Å². The van der Waals surface area contributed by atoms with Crippen molar-refractivity contribution < 1.29 is 19.8 Å². The predicted molar refractivity (Wildman–Crippen MR) is 71.5 cm³/mol. The van der Waals surface area contributed by atoms with Gasteiger partial charge < -0.3 is 25.7 Å². The summed E-state index contributed by atoms with van der Waals surface area (Å²) in [4.78, 5) is 13.8. The summed E-state index contributed by atoms with van der Waals surface area (Å²) in [6, 6.07) is 6.58. The normalized spacial score (nSPS) is 19.9. The number of nitrogens with zero attached hydrogens (tertiary/aromatic N) is 2. The summed E-state index contributed by atoms with van der Waals surface area (Å²) in [7, 11) is 0. The van der Waals surface area contributed by atoms with Crippen LogP contribution in [0.4, 0.5) is 0 Å². The third-order valence-corrected chi connectivity index (χ3v) is 3.13. The number of oxime groups is 1. The van der Waals surface area contributed by atoms with Gasteiger partial charge in [-0.05, 0) is 17.7 Å². The molecule has 1 saturated heterocycles. The summed E-state index contributed by atoms with van der Waals surface area (Å²) < 4.78 is 5.33. The minimum absolute atomic E-state index is 0.0418. The van der Waals surface area contributed by atoms with E-state index in [0.29, 0.717) is 13.2 Å². The Morgan fingerprint density at radius 3 is 3.05 bits per heavy atom. The predicted octanol–water partition coefficient (Wildman–Crippen LogP) is -0.0915. The molecule has 20 heavy (non-hydrogen) atoms. The van der Waals surface area contributed by atoms with Crippen LogP contribution in [0.2, 0.25) is 0 Å². The van der Waals surface area contributed by atoms with Crippen molar-refractivity contribution >= 4 is 11.7 Å².